The molecular weight excluding hydrogens is 448 g/mol. The predicted octanol–water partition coefficient (Wildman–Crippen LogP) is 8.06. The Bertz CT molecular complexity index is 1010. The van der Waals surface area contributed by atoms with Crippen LogP contribution < -0.4 is 0 Å². The van der Waals surface area contributed by atoms with Gasteiger partial charge in [0.1, 0.15) is 0 Å². The molecule has 4 aromatic carbocycles. The topological polar surface area (TPSA) is 0 Å². The highest BCUT2D eigenvalue weighted by Gasteiger charge is 2.40. The minimum Gasteiger partial charge on any atom is -0.0822 e. The number of halogens is 2. The number of hydrogen-bond donors (Lipinski definition) is 0. The zero-order valence-corrected chi connectivity index (χ0v) is 17.2. The SMILES string of the molecule is Br[C@@H]1c2c(c(-c3ccccc3)c3ccccc3c2-c2ccccc2)[C@H]1Br. The third-order valence-corrected chi connectivity index (χ3v) is 7.91. The van der Waals surface area contributed by atoms with E-state index in [1.54, 1.807) is 0 Å². The molecule has 0 aromatic heterocycles. The van der Waals surface area contributed by atoms with Crippen molar-refractivity contribution in [2.45, 2.75) is 9.65 Å². The molecule has 0 nitrogen and oxygen atoms in total. The maximum atomic E-state index is 3.92. The molecule has 0 fully saturated rings. The summed E-state index contributed by atoms with van der Waals surface area (Å²) >= 11 is 7.84. The largest absolute Gasteiger partial charge is 0.0822 e. The second-order valence-electron chi connectivity index (χ2n) is 6.66. The van der Waals surface area contributed by atoms with E-state index in [2.05, 4.69) is 117 Å². The molecule has 0 unspecified atom stereocenters. The summed E-state index contributed by atoms with van der Waals surface area (Å²) in [7, 11) is 0. The van der Waals surface area contributed by atoms with Crippen molar-refractivity contribution in [1.29, 1.82) is 0 Å². The lowest BCUT2D eigenvalue weighted by Crippen LogP contribution is -2.18. The van der Waals surface area contributed by atoms with Crippen LogP contribution in [0.2, 0.25) is 0 Å². The number of fused-ring (bicyclic) bond motifs is 2. The van der Waals surface area contributed by atoms with Crippen molar-refractivity contribution in [3.8, 4) is 22.3 Å². The molecule has 2 heteroatoms. The fourth-order valence-corrected chi connectivity index (χ4v) is 5.56. The van der Waals surface area contributed by atoms with Gasteiger partial charge in [-0.05, 0) is 44.2 Å². The van der Waals surface area contributed by atoms with Gasteiger partial charge in [0.05, 0.1) is 9.65 Å². The summed E-state index contributed by atoms with van der Waals surface area (Å²) in [5, 5.41) is 2.64. The van der Waals surface area contributed by atoms with E-state index in [0.717, 1.165) is 0 Å². The average Bonchev–Trinajstić information content (AvgIpc) is 2.72. The Morgan fingerprint density at radius 2 is 0.808 bits per heavy atom. The number of rotatable bonds is 2. The summed E-state index contributed by atoms with van der Waals surface area (Å²) in [6, 6.07) is 30.3. The molecule has 4 aromatic rings. The van der Waals surface area contributed by atoms with E-state index in [-0.39, 0.29) is 0 Å². The summed E-state index contributed by atoms with van der Waals surface area (Å²) in [4.78, 5) is 0.638. The second-order valence-corrected chi connectivity index (χ2v) is 8.63. The monoisotopic (exact) mass is 462 g/mol. The highest BCUT2D eigenvalue weighted by atomic mass is 79.9. The Kier molecular flexibility index (Phi) is 3.99. The van der Waals surface area contributed by atoms with Crippen molar-refractivity contribution in [3.05, 3.63) is 96.1 Å². The first-order chi connectivity index (χ1) is 12.8. The van der Waals surface area contributed by atoms with Crippen LogP contribution in [0.4, 0.5) is 0 Å². The first kappa shape index (κ1) is 16.3. The number of alkyl halides is 2. The maximum Gasteiger partial charge on any atom is 0.0571 e. The van der Waals surface area contributed by atoms with Crippen LogP contribution in [0.15, 0.2) is 84.9 Å². The molecule has 0 bridgehead atoms. The summed E-state index contributed by atoms with van der Waals surface area (Å²) in [5.41, 5.74) is 8.10. The molecule has 1 aliphatic rings. The molecule has 0 heterocycles. The van der Waals surface area contributed by atoms with E-state index >= 15 is 0 Å². The van der Waals surface area contributed by atoms with E-state index in [4.69, 9.17) is 0 Å². The fourth-order valence-electron chi connectivity index (χ4n) is 4.08. The highest BCUT2D eigenvalue weighted by Crippen LogP contribution is 2.62. The van der Waals surface area contributed by atoms with Crippen LogP contribution in [0.3, 0.4) is 0 Å². The van der Waals surface area contributed by atoms with Crippen molar-refractivity contribution < 1.29 is 0 Å². The van der Waals surface area contributed by atoms with Crippen molar-refractivity contribution in [1.82, 2.24) is 0 Å². The Morgan fingerprint density at radius 1 is 0.462 bits per heavy atom. The average molecular weight is 464 g/mol. The smallest absolute Gasteiger partial charge is 0.0571 e. The Labute approximate surface area is 170 Å². The quantitative estimate of drug-likeness (QED) is 0.263. The minimum absolute atomic E-state index is 0.319. The molecule has 126 valence electrons. The molecule has 0 saturated heterocycles. The lowest BCUT2D eigenvalue weighted by Gasteiger charge is -2.38. The molecule has 0 amide bonds. The molecular formula is C24H16Br2. The fraction of sp³-hybridized carbons (Fsp3) is 0.0833. The van der Waals surface area contributed by atoms with Crippen LogP contribution in [0.1, 0.15) is 20.8 Å². The lowest BCUT2D eigenvalue weighted by atomic mass is 9.74. The molecule has 5 rings (SSSR count). The van der Waals surface area contributed by atoms with E-state index in [1.165, 1.54) is 44.2 Å². The summed E-state index contributed by atoms with van der Waals surface area (Å²) < 4.78 is 0. The van der Waals surface area contributed by atoms with Crippen LogP contribution in [0.25, 0.3) is 33.0 Å². The molecule has 0 N–H and O–H groups in total. The Balaban J connectivity index is 1.95. The molecule has 0 saturated carbocycles. The molecule has 0 spiro atoms. The van der Waals surface area contributed by atoms with Gasteiger partial charge in [0.15, 0.2) is 0 Å². The summed E-state index contributed by atoms with van der Waals surface area (Å²) in [6.07, 6.45) is 0. The zero-order valence-electron chi connectivity index (χ0n) is 14.0. The van der Waals surface area contributed by atoms with Gasteiger partial charge >= 0.3 is 0 Å². The van der Waals surface area contributed by atoms with E-state index in [1.807, 2.05) is 0 Å². The van der Waals surface area contributed by atoms with Gasteiger partial charge in [-0.2, -0.15) is 0 Å². The van der Waals surface area contributed by atoms with Crippen LogP contribution >= 0.6 is 31.9 Å². The number of hydrogen-bond acceptors (Lipinski definition) is 0. The van der Waals surface area contributed by atoms with Gasteiger partial charge in [-0.1, -0.05) is 117 Å². The van der Waals surface area contributed by atoms with Crippen molar-refractivity contribution in [2.75, 3.05) is 0 Å². The van der Waals surface area contributed by atoms with Crippen molar-refractivity contribution in [2.24, 2.45) is 0 Å². The minimum atomic E-state index is 0.319. The van der Waals surface area contributed by atoms with Crippen LogP contribution in [0, 0.1) is 0 Å². The molecule has 26 heavy (non-hydrogen) atoms. The second kappa shape index (κ2) is 6.37. The Hall–Kier alpha value is -1.90. The van der Waals surface area contributed by atoms with E-state index in [0.29, 0.717) is 9.65 Å². The normalized spacial score (nSPS) is 18.4. The predicted molar refractivity (Wildman–Crippen MR) is 118 cm³/mol. The molecule has 2 atom stereocenters. The van der Waals surface area contributed by atoms with Gasteiger partial charge in [-0.25, -0.2) is 0 Å². The number of benzene rings is 4. The zero-order chi connectivity index (χ0) is 17.7. The highest BCUT2D eigenvalue weighted by molar-refractivity contribution is 9.12. The third kappa shape index (κ3) is 2.32. The van der Waals surface area contributed by atoms with E-state index < -0.39 is 0 Å². The third-order valence-electron chi connectivity index (χ3n) is 5.23. The summed E-state index contributed by atoms with van der Waals surface area (Å²) in [5.74, 6) is 0. The first-order valence-corrected chi connectivity index (χ1v) is 10.6. The van der Waals surface area contributed by atoms with Crippen LogP contribution in [-0.4, -0.2) is 0 Å². The standard InChI is InChI=1S/C24H16Br2/c25-23-21-19(15-9-3-1-4-10-15)17-13-7-8-14-18(17)20(22(21)24(23)26)16-11-5-2-6-12-16/h1-14,23-24H/t23-,24-/m1/s1. The first-order valence-electron chi connectivity index (χ1n) is 8.75. The van der Waals surface area contributed by atoms with Crippen molar-refractivity contribution >= 4 is 42.6 Å². The molecule has 1 aliphatic carbocycles. The van der Waals surface area contributed by atoms with Crippen LogP contribution in [0.5, 0.6) is 0 Å². The van der Waals surface area contributed by atoms with Gasteiger partial charge in [0.2, 0.25) is 0 Å². The summed E-state index contributed by atoms with van der Waals surface area (Å²) in [6.45, 7) is 0. The maximum absolute atomic E-state index is 3.92. The van der Waals surface area contributed by atoms with Gasteiger partial charge in [0, 0.05) is 0 Å². The molecule has 0 aliphatic heterocycles. The van der Waals surface area contributed by atoms with Gasteiger partial charge < -0.3 is 0 Å². The Morgan fingerprint density at radius 3 is 1.19 bits per heavy atom. The van der Waals surface area contributed by atoms with Crippen LogP contribution in [-0.2, 0) is 0 Å². The van der Waals surface area contributed by atoms with E-state index in [9.17, 15) is 0 Å². The van der Waals surface area contributed by atoms with Gasteiger partial charge in [0.25, 0.3) is 0 Å². The van der Waals surface area contributed by atoms with Crippen molar-refractivity contribution in [3.63, 3.8) is 0 Å². The van der Waals surface area contributed by atoms with Gasteiger partial charge in [-0.3, -0.25) is 0 Å². The lowest BCUT2D eigenvalue weighted by molar-refractivity contribution is 0.829. The van der Waals surface area contributed by atoms with Gasteiger partial charge in [-0.15, -0.1) is 0 Å². The molecule has 0 radical (unpaired) electrons.